The second-order valence-corrected chi connectivity index (χ2v) is 6.47. The fourth-order valence-electron chi connectivity index (χ4n) is 3.96. The summed E-state index contributed by atoms with van der Waals surface area (Å²) in [7, 11) is 0. The number of ether oxygens (including phenoxy) is 4. The Balaban J connectivity index is 2.06. The molecule has 0 aromatic rings. The first-order valence-electron chi connectivity index (χ1n) is 9.21. The van der Waals surface area contributed by atoms with Crippen LogP contribution in [-0.4, -0.2) is 44.2 Å². The third-order valence-electron chi connectivity index (χ3n) is 5.05. The van der Waals surface area contributed by atoms with E-state index in [1.54, 1.807) is 6.92 Å². The highest BCUT2D eigenvalue weighted by Gasteiger charge is 2.61. The summed E-state index contributed by atoms with van der Waals surface area (Å²) in [5.74, 6) is -1.25. The monoisotopic (exact) mass is 342 g/mol. The third kappa shape index (κ3) is 3.91. The Bertz CT molecular complexity index is 429. The first-order valence-corrected chi connectivity index (χ1v) is 9.21. The molecule has 6 heteroatoms. The summed E-state index contributed by atoms with van der Waals surface area (Å²) >= 11 is 0. The molecule has 0 radical (unpaired) electrons. The van der Waals surface area contributed by atoms with E-state index in [2.05, 4.69) is 0 Å². The molecular weight excluding hydrogens is 312 g/mol. The van der Waals surface area contributed by atoms with Crippen LogP contribution in [0.1, 0.15) is 65.2 Å². The van der Waals surface area contributed by atoms with Gasteiger partial charge in [0.1, 0.15) is 5.41 Å². The van der Waals surface area contributed by atoms with E-state index in [1.807, 2.05) is 6.92 Å². The quantitative estimate of drug-likeness (QED) is 0.499. The first kappa shape index (κ1) is 19.2. The van der Waals surface area contributed by atoms with Crippen molar-refractivity contribution in [1.29, 1.82) is 0 Å². The summed E-state index contributed by atoms with van der Waals surface area (Å²) in [5, 5.41) is 0. The predicted molar refractivity (Wildman–Crippen MR) is 87.3 cm³/mol. The van der Waals surface area contributed by atoms with E-state index < -0.39 is 11.2 Å². The summed E-state index contributed by atoms with van der Waals surface area (Å²) in [6.07, 6.45) is 5.82. The number of carbonyl (C=O) groups excluding carboxylic acids is 2. The number of rotatable bonds is 8. The van der Waals surface area contributed by atoms with Gasteiger partial charge in [-0.15, -0.1) is 0 Å². The van der Waals surface area contributed by atoms with Gasteiger partial charge in [-0.1, -0.05) is 12.8 Å². The summed E-state index contributed by atoms with van der Waals surface area (Å²) in [4.78, 5) is 24.3. The third-order valence-corrected chi connectivity index (χ3v) is 5.05. The van der Waals surface area contributed by atoms with Gasteiger partial charge < -0.3 is 18.9 Å². The van der Waals surface area contributed by atoms with Gasteiger partial charge in [-0.05, 0) is 39.5 Å². The molecule has 138 valence electrons. The predicted octanol–water partition coefficient (Wildman–Crippen LogP) is 2.98. The molecule has 1 saturated heterocycles. The SMILES string of the molecule is CCOC(=O)CCCC[C@]1(C(=O)OCC)CCCCC12OCCO2. The second kappa shape index (κ2) is 8.81. The molecule has 2 fully saturated rings. The van der Waals surface area contributed by atoms with Gasteiger partial charge in [-0.3, -0.25) is 9.59 Å². The molecule has 1 spiro atoms. The molecule has 1 heterocycles. The van der Waals surface area contributed by atoms with Crippen LogP contribution in [0.4, 0.5) is 0 Å². The number of hydrogen-bond acceptors (Lipinski definition) is 6. The van der Waals surface area contributed by atoms with Crippen LogP contribution in [0.3, 0.4) is 0 Å². The maximum atomic E-state index is 12.8. The van der Waals surface area contributed by atoms with Gasteiger partial charge in [0.05, 0.1) is 26.4 Å². The smallest absolute Gasteiger partial charge is 0.317 e. The Morgan fingerprint density at radius 1 is 0.958 bits per heavy atom. The average Bonchev–Trinajstić information content (AvgIpc) is 3.03. The molecule has 2 rings (SSSR count). The van der Waals surface area contributed by atoms with Crippen molar-refractivity contribution in [1.82, 2.24) is 0 Å². The van der Waals surface area contributed by atoms with E-state index in [0.717, 1.165) is 25.7 Å². The van der Waals surface area contributed by atoms with Gasteiger partial charge in [0.2, 0.25) is 0 Å². The maximum absolute atomic E-state index is 12.8. The second-order valence-electron chi connectivity index (χ2n) is 6.47. The fourth-order valence-corrected chi connectivity index (χ4v) is 3.96. The van der Waals surface area contributed by atoms with Crippen LogP contribution in [-0.2, 0) is 28.5 Å². The van der Waals surface area contributed by atoms with Crippen LogP contribution in [0, 0.1) is 5.41 Å². The number of unbranched alkanes of at least 4 members (excludes halogenated alkanes) is 1. The number of hydrogen-bond donors (Lipinski definition) is 0. The topological polar surface area (TPSA) is 71.1 Å². The van der Waals surface area contributed by atoms with Crippen LogP contribution < -0.4 is 0 Å². The van der Waals surface area contributed by atoms with Crippen LogP contribution in [0.2, 0.25) is 0 Å². The normalized spacial score (nSPS) is 25.6. The van der Waals surface area contributed by atoms with E-state index in [1.165, 1.54) is 0 Å². The minimum atomic E-state index is -0.846. The summed E-state index contributed by atoms with van der Waals surface area (Å²) < 4.78 is 22.3. The van der Waals surface area contributed by atoms with Crippen molar-refractivity contribution in [3.63, 3.8) is 0 Å². The zero-order valence-corrected chi connectivity index (χ0v) is 14.9. The molecule has 1 atom stereocenters. The van der Waals surface area contributed by atoms with Gasteiger partial charge >= 0.3 is 11.9 Å². The van der Waals surface area contributed by atoms with Crippen molar-refractivity contribution in [2.75, 3.05) is 26.4 Å². The zero-order chi connectivity index (χ0) is 17.5. The largest absolute Gasteiger partial charge is 0.466 e. The van der Waals surface area contributed by atoms with E-state index in [9.17, 15) is 9.59 Å². The van der Waals surface area contributed by atoms with Crippen LogP contribution in [0.25, 0.3) is 0 Å². The average molecular weight is 342 g/mol. The molecule has 1 aliphatic carbocycles. The Morgan fingerprint density at radius 3 is 2.29 bits per heavy atom. The molecule has 6 nitrogen and oxygen atoms in total. The summed E-state index contributed by atoms with van der Waals surface area (Å²) in [6.45, 7) is 5.40. The fraction of sp³-hybridized carbons (Fsp3) is 0.889. The Hall–Kier alpha value is -1.14. The van der Waals surface area contributed by atoms with Crippen molar-refractivity contribution in [3.05, 3.63) is 0 Å². The Labute approximate surface area is 144 Å². The van der Waals surface area contributed by atoms with Gasteiger partial charge in [0.15, 0.2) is 5.79 Å². The molecule has 0 unspecified atom stereocenters. The highest BCUT2D eigenvalue weighted by molar-refractivity contribution is 5.78. The van der Waals surface area contributed by atoms with Crippen LogP contribution in [0.15, 0.2) is 0 Å². The molecule has 0 N–H and O–H groups in total. The molecular formula is C18H30O6. The minimum Gasteiger partial charge on any atom is -0.466 e. The molecule has 24 heavy (non-hydrogen) atoms. The van der Waals surface area contributed by atoms with Gasteiger partial charge in [-0.2, -0.15) is 0 Å². The van der Waals surface area contributed by atoms with Gasteiger partial charge in [0, 0.05) is 12.8 Å². The molecule has 1 saturated carbocycles. The Kier molecular flexibility index (Phi) is 7.04. The van der Waals surface area contributed by atoms with E-state index in [4.69, 9.17) is 18.9 Å². The van der Waals surface area contributed by atoms with Crippen molar-refractivity contribution in [2.24, 2.45) is 5.41 Å². The highest BCUT2D eigenvalue weighted by atomic mass is 16.7. The maximum Gasteiger partial charge on any atom is 0.317 e. The zero-order valence-electron chi connectivity index (χ0n) is 14.9. The van der Waals surface area contributed by atoms with Crippen molar-refractivity contribution < 1.29 is 28.5 Å². The van der Waals surface area contributed by atoms with Gasteiger partial charge in [0.25, 0.3) is 0 Å². The molecule has 0 aromatic heterocycles. The summed E-state index contributed by atoms with van der Waals surface area (Å²) in [5.41, 5.74) is -0.758. The molecule has 1 aliphatic heterocycles. The highest BCUT2D eigenvalue weighted by Crippen LogP contribution is 2.53. The lowest BCUT2D eigenvalue weighted by atomic mass is 9.66. The standard InChI is InChI=1S/C18H30O6/c1-3-21-15(19)9-5-6-10-17(16(20)22-4-2)11-7-8-12-18(17)23-13-14-24-18/h3-14H2,1-2H3/t17-/m1/s1. The minimum absolute atomic E-state index is 0.186. The van der Waals surface area contributed by atoms with E-state index in [-0.39, 0.29) is 11.9 Å². The molecule has 0 bridgehead atoms. The lowest BCUT2D eigenvalue weighted by molar-refractivity contribution is -0.261. The number of carbonyl (C=O) groups is 2. The van der Waals surface area contributed by atoms with Gasteiger partial charge in [-0.25, -0.2) is 0 Å². The van der Waals surface area contributed by atoms with Crippen LogP contribution >= 0.6 is 0 Å². The van der Waals surface area contributed by atoms with Crippen LogP contribution in [0.5, 0.6) is 0 Å². The lowest BCUT2D eigenvalue weighted by Gasteiger charge is -2.48. The molecule has 2 aliphatic rings. The molecule has 0 amide bonds. The van der Waals surface area contributed by atoms with E-state index >= 15 is 0 Å². The first-order chi connectivity index (χ1) is 11.6. The van der Waals surface area contributed by atoms with E-state index in [0.29, 0.717) is 52.1 Å². The van der Waals surface area contributed by atoms with Crippen molar-refractivity contribution in [3.8, 4) is 0 Å². The van der Waals surface area contributed by atoms with Crippen molar-refractivity contribution in [2.45, 2.75) is 71.0 Å². The summed E-state index contributed by atoms with van der Waals surface area (Å²) in [6, 6.07) is 0. The molecule has 0 aromatic carbocycles. The lowest BCUT2D eigenvalue weighted by Crippen LogP contribution is -2.56. The number of esters is 2. The van der Waals surface area contributed by atoms with Crippen molar-refractivity contribution >= 4 is 11.9 Å². The Morgan fingerprint density at radius 2 is 1.62 bits per heavy atom.